The van der Waals surface area contributed by atoms with Crippen molar-refractivity contribution in [1.29, 1.82) is 0 Å². The monoisotopic (exact) mass is 389 g/mol. The van der Waals surface area contributed by atoms with Crippen molar-refractivity contribution in [2.24, 2.45) is 0 Å². The molecule has 2 aromatic carbocycles. The highest BCUT2D eigenvalue weighted by molar-refractivity contribution is 5.30. The first kappa shape index (κ1) is 19.4. The number of hydrogen-bond acceptors (Lipinski definition) is 4. The van der Waals surface area contributed by atoms with Gasteiger partial charge in [0.1, 0.15) is 0 Å². The second-order valence-electron chi connectivity index (χ2n) is 7.65. The van der Waals surface area contributed by atoms with E-state index in [2.05, 4.69) is 34.1 Å². The molecular formula is C24H27N3O2. The summed E-state index contributed by atoms with van der Waals surface area (Å²) in [5.74, 6) is -0.129. The van der Waals surface area contributed by atoms with Crippen molar-refractivity contribution in [3.8, 4) is 5.75 Å². The lowest BCUT2D eigenvalue weighted by atomic mass is 10.1. The third-order valence-electron chi connectivity index (χ3n) is 5.53. The predicted octanol–water partition coefficient (Wildman–Crippen LogP) is 2.92. The molecule has 5 nitrogen and oxygen atoms in total. The highest BCUT2D eigenvalue weighted by Crippen LogP contribution is 2.16. The maximum absolute atomic E-state index is 12.6. The number of aromatic hydroxyl groups is 1. The van der Waals surface area contributed by atoms with Gasteiger partial charge in [0, 0.05) is 51.0 Å². The van der Waals surface area contributed by atoms with Crippen LogP contribution in [0.2, 0.25) is 0 Å². The molecular weight excluding hydrogens is 362 g/mol. The van der Waals surface area contributed by atoms with Crippen molar-refractivity contribution in [1.82, 2.24) is 14.4 Å². The van der Waals surface area contributed by atoms with Crippen LogP contribution < -0.4 is 5.56 Å². The fraction of sp³-hybridized carbons (Fsp3) is 0.292. The lowest BCUT2D eigenvalue weighted by Crippen LogP contribution is -2.45. The van der Waals surface area contributed by atoms with Crippen LogP contribution in [-0.4, -0.2) is 45.7 Å². The van der Waals surface area contributed by atoms with E-state index in [9.17, 15) is 9.90 Å². The molecule has 1 aliphatic rings. The van der Waals surface area contributed by atoms with E-state index in [1.165, 1.54) is 5.56 Å². The molecule has 0 bridgehead atoms. The largest absolute Gasteiger partial charge is 0.503 e. The van der Waals surface area contributed by atoms with Crippen LogP contribution in [0, 0.1) is 0 Å². The Morgan fingerprint density at radius 1 is 0.690 bits per heavy atom. The minimum atomic E-state index is -0.325. The van der Waals surface area contributed by atoms with Gasteiger partial charge in [-0.15, -0.1) is 0 Å². The molecule has 1 aromatic heterocycles. The van der Waals surface area contributed by atoms with Crippen molar-refractivity contribution in [3.63, 3.8) is 0 Å². The van der Waals surface area contributed by atoms with Crippen LogP contribution in [0.25, 0.3) is 0 Å². The number of aromatic nitrogens is 1. The van der Waals surface area contributed by atoms with Crippen LogP contribution in [0.3, 0.4) is 0 Å². The summed E-state index contributed by atoms with van der Waals surface area (Å²) >= 11 is 0. The van der Waals surface area contributed by atoms with E-state index >= 15 is 0 Å². The smallest absolute Gasteiger partial charge is 0.293 e. The molecule has 1 N–H and O–H groups in total. The Balaban J connectivity index is 1.35. The second-order valence-corrected chi connectivity index (χ2v) is 7.65. The van der Waals surface area contributed by atoms with E-state index in [-0.39, 0.29) is 11.3 Å². The van der Waals surface area contributed by atoms with Gasteiger partial charge in [-0.3, -0.25) is 14.6 Å². The van der Waals surface area contributed by atoms with Gasteiger partial charge < -0.3 is 9.67 Å². The van der Waals surface area contributed by atoms with Gasteiger partial charge in [0.2, 0.25) is 0 Å². The van der Waals surface area contributed by atoms with Gasteiger partial charge in [-0.2, -0.15) is 0 Å². The second kappa shape index (κ2) is 9.07. The van der Waals surface area contributed by atoms with E-state index < -0.39 is 0 Å². The summed E-state index contributed by atoms with van der Waals surface area (Å²) in [6.07, 6.45) is 1.79. The highest BCUT2D eigenvalue weighted by Gasteiger charge is 2.19. The Morgan fingerprint density at radius 2 is 1.21 bits per heavy atom. The fourth-order valence-electron chi connectivity index (χ4n) is 3.82. The van der Waals surface area contributed by atoms with E-state index in [1.807, 2.05) is 42.5 Å². The molecule has 150 valence electrons. The van der Waals surface area contributed by atoms with Crippen LogP contribution in [-0.2, 0) is 19.6 Å². The van der Waals surface area contributed by atoms with E-state index in [4.69, 9.17) is 0 Å². The molecule has 0 unspecified atom stereocenters. The van der Waals surface area contributed by atoms with Crippen LogP contribution in [0.4, 0.5) is 0 Å². The van der Waals surface area contributed by atoms with Crippen molar-refractivity contribution in [2.45, 2.75) is 19.6 Å². The number of benzene rings is 2. The maximum Gasteiger partial charge on any atom is 0.293 e. The molecule has 1 saturated heterocycles. The van der Waals surface area contributed by atoms with Gasteiger partial charge >= 0.3 is 0 Å². The molecule has 0 spiro atoms. The van der Waals surface area contributed by atoms with Crippen LogP contribution >= 0.6 is 0 Å². The molecule has 0 amide bonds. The molecule has 5 heteroatoms. The Hall–Kier alpha value is -2.89. The first-order valence-electron chi connectivity index (χ1n) is 10.1. The zero-order valence-electron chi connectivity index (χ0n) is 16.6. The molecule has 3 aromatic rings. The summed E-state index contributed by atoms with van der Waals surface area (Å²) in [5.41, 5.74) is 2.75. The summed E-state index contributed by atoms with van der Waals surface area (Å²) in [7, 11) is 0. The summed E-state index contributed by atoms with van der Waals surface area (Å²) in [4.78, 5) is 17.3. The maximum atomic E-state index is 12.6. The number of rotatable bonds is 6. The number of hydrogen-bond donors (Lipinski definition) is 1. The summed E-state index contributed by atoms with van der Waals surface area (Å²) in [6, 6.07) is 22.2. The molecule has 29 heavy (non-hydrogen) atoms. The third kappa shape index (κ3) is 4.94. The normalized spacial score (nSPS) is 15.4. The standard InChI is InChI=1S/C24H27N3O2/c28-23-22(11-12-27(24(23)29)18-21-9-5-2-6-10-21)19-26-15-13-25(14-16-26)17-20-7-3-1-4-8-20/h1-12,28H,13-19H2. The van der Waals surface area contributed by atoms with Crippen LogP contribution in [0.1, 0.15) is 16.7 Å². The lowest BCUT2D eigenvalue weighted by molar-refractivity contribution is 0.121. The molecule has 0 radical (unpaired) electrons. The average Bonchev–Trinajstić information content (AvgIpc) is 2.76. The predicted molar refractivity (Wildman–Crippen MR) is 115 cm³/mol. The fourth-order valence-corrected chi connectivity index (χ4v) is 3.82. The molecule has 0 atom stereocenters. The van der Waals surface area contributed by atoms with Crippen LogP contribution in [0.15, 0.2) is 77.7 Å². The van der Waals surface area contributed by atoms with E-state index in [0.717, 1.165) is 38.3 Å². The SMILES string of the molecule is O=c1c(O)c(CN2CCN(Cc3ccccc3)CC2)ccn1Cc1ccccc1. The first-order chi connectivity index (χ1) is 14.2. The minimum absolute atomic E-state index is 0.129. The zero-order valence-corrected chi connectivity index (χ0v) is 16.6. The molecule has 0 aliphatic carbocycles. The lowest BCUT2D eigenvalue weighted by Gasteiger charge is -2.34. The summed E-state index contributed by atoms with van der Waals surface area (Å²) < 4.78 is 1.56. The summed E-state index contributed by atoms with van der Waals surface area (Å²) in [5, 5.41) is 10.5. The Morgan fingerprint density at radius 3 is 1.79 bits per heavy atom. The quantitative estimate of drug-likeness (QED) is 0.704. The van der Waals surface area contributed by atoms with Crippen molar-refractivity contribution >= 4 is 0 Å². The van der Waals surface area contributed by atoms with Crippen molar-refractivity contribution in [3.05, 3.63) is 100.0 Å². The third-order valence-corrected chi connectivity index (χ3v) is 5.53. The van der Waals surface area contributed by atoms with Gasteiger partial charge in [0.15, 0.2) is 5.75 Å². The van der Waals surface area contributed by atoms with Gasteiger partial charge in [-0.05, 0) is 17.2 Å². The van der Waals surface area contributed by atoms with Crippen LogP contribution in [0.5, 0.6) is 5.75 Å². The van der Waals surface area contributed by atoms with Gasteiger partial charge in [0.25, 0.3) is 5.56 Å². The Bertz CT molecular complexity index is 978. The number of pyridine rings is 1. The number of piperazine rings is 1. The Labute approximate surface area is 171 Å². The number of nitrogens with zero attached hydrogens (tertiary/aromatic N) is 3. The minimum Gasteiger partial charge on any atom is -0.503 e. The molecule has 0 saturated carbocycles. The van der Waals surface area contributed by atoms with E-state index in [1.54, 1.807) is 10.8 Å². The first-order valence-corrected chi connectivity index (χ1v) is 10.1. The molecule has 2 heterocycles. The zero-order chi connectivity index (χ0) is 20.1. The van der Waals surface area contributed by atoms with Crippen molar-refractivity contribution in [2.75, 3.05) is 26.2 Å². The average molecular weight is 389 g/mol. The molecule has 1 aliphatic heterocycles. The van der Waals surface area contributed by atoms with E-state index in [0.29, 0.717) is 18.7 Å². The topological polar surface area (TPSA) is 48.7 Å². The molecule has 1 fully saturated rings. The summed E-state index contributed by atoms with van der Waals surface area (Å²) in [6.45, 7) is 5.87. The molecule has 4 rings (SSSR count). The Kier molecular flexibility index (Phi) is 6.08. The van der Waals surface area contributed by atoms with Crippen molar-refractivity contribution < 1.29 is 5.11 Å². The highest BCUT2D eigenvalue weighted by atomic mass is 16.3. The van der Waals surface area contributed by atoms with Gasteiger partial charge in [0.05, 0.1) is 6.54 Å². The van der Waals surface area contributed by atoms with Gasteiger partial charge in [-0.1, -0.05) is 60.7 Å². The van der Waals surface area contributed by atoms with Gasteiger partial charge in [-0.25, -0.2) is 0 Å².